The molecule has 0 fully saturated rings. The zero-order chi connectivity index (χ0) is 14.0. The van der Waals surface area contributed by atoms with Crippen LogP contribution in [0.15, 0.2) is 29.2 Å². The summed E-state index contributed by atoms with van der Waals surface area (Å²) in [6.07, 6.45) is 1.19. The summed E-state index contributed by atoms with van der Waals surface area (Å²) in [5, 5.41) is 8.98. The SMILES string of the molecule is CN(CC(C)(C)C#N)c1ccc(S(C)(=O)=O)cc1. The van der Waals surface area contributed by atoms with Crippen molar-refractivity contribution in [1.29, 1.82) is 5.26 Å². The molecule has 0 amide bonds. The smallest absolute Gasteiger partial charge is 0.175 e. The number of hydrogen-bond acceptors (Lipinski definition) is 4. The van der Waals surface area contributed by atoms with E-state index in [0.29, 0.717) is 11.4 Å². The third-order valence-corrected chi connectivity index (χ3v) is 3.77. The van der Waals surface area contributed by atoms with E-state index in [-0.39, 0.29) is 0 Å². The van der Waals surface area contributed by atoms with Crippen LogP contribution in [0.1, 0.15) is 13.8 Å². The van der Waals surface area contributed by atoms with Crippen LogP contribution in [0.4, 0.5) is 5.69 Å². The summed E-state index contributed by atoms with van der Waals surface area (Å²) in [6.45, 7) is 4.32. The molecular formula is C13H18N2O2S. The van der Waals surface area contributed by atoms with Crippen molar-refractivity contribution in [1.82, 2.24) is 0 Å². The molecule has 0 bridgehead atoms. The van der Waals surface area contributed by atoms with E-state index in [2.05, 4.69) is 6.07 Å². The van der Waals surface area contributed by atoms with Crippen LogP contribution in [0.25, 0.3) is 0 Å². The Bertz CT molecular complexity index is 554. The lowest BCUT2D eigenvalue weighted by Gasteiger charge is -2.26. The van der Waals surface area contributed by atoms with Crippen LogP contribution in [-0.2, 0) is 9.84 Å². The van der Waals surface area contributed by atoms with Gasteiger partial charge in [-0.2, -0.15) is 5.26 Å². The van der Waals surface area contributed by atoms with E-state index in [9.17, 15) is 8.42 Å². The third kappa shape index (κ3) is 3.74. The van der Waals surface area contributed by atoms with Crippen LogP contribution >= 0.6 is 0 Å². The Morgan fingerprint density at radius 3 is 2.17 bits per heavy atom. The summed E-state index contributed by atoms with van der Waals surface area (Å²) >= 11 is 0. The van der Waals surface area contributed by atoms with Crippen LogP contribution in [0, 0.1) is 16.7 Å². The lowest BCUT2D eigenvalue weighted by atomic mass is 9.95. The third-order valence-electron chi connectivity index (χ3n) is 2.64. The molecule has 5 heteroatoms. The van der Waals surface area contributed by atoms with E-state index >= 15 is 0 Å². The largest absolute Gasteiger partial charge is 0.373 e. The van der Waals surface area contributed by atoms with Crippen molar-refractivity contribution in [2.45, 2.75) is 18.7 Å². The fourth-order valence-electron chi connectivity index (χ4n) is 1.67. The molecule has 0 aliphatic carbocycles. The molecule has 0 heterocycles. The Hall–Kier alpha value is -1.54. The first-order chi connectivity index (χ1) is 8.15. The molecule has 0 unspecified atom stereocenters. The van der Waals surface area contributed by atoms with Gasteiger partial charge in [-0.25, -0.2) is 8.42 Å². The van der Waals surface area contributed by atoms with Gasteiger partial charge in [-0.15, -0.1) is 0 Å². The zero-order valence-corrected chi connectivity index (χ0v) is 12.0. The predicted molar refractivity (Wildman–Crippen MR) is 72.2 cm³/mol. The number of nitriles is 1. The molecule has 0 aliphatic heterocycles. The Morgan fingerprint density at radius 1 is 1.28 bits per heavy atom. The van der Waals surface area contributed by atoms with Gasteiger partial charge in [0.25, 0.3) is 0 Å². The number of rotatable bonds is 4. The molecule has 1 rings (SSSR count). The lowest BCUT2D eigenvalue weighted by molar-refractivity contribution is 0.497. The van der Waals surface area contributed by atoms with Crippen LogP contribution in [0.3, 0.4) is 0 Å². The van der Waals surface area contributed by atoms with Gasteiger partial charge in [0.05, 0.1) is 16.4 Å². The van der Waals surface area contributed by atoms with Gasteiger partial charge in [0.2, 0.25) is 0 Å². The molecule has 98 valence electrons. The van der Waals surface area contributed by atoms with Crippen molar-refractivity contribution >= 4 is 15.5 Å². The van der Waals surface area contributed by atoms with E-state index in [1.165, 1.54) is 6.26 Å². The molecule has 4 nitrogen and oxygen atoms in total. The van der Waals surface area contributed by atoms with Crippen molar-refractivity contribution in [3.8, 4) is 6.07 Å². The van der Waals surface area contributed by atoms with Gasteiger partial charge in [0.15, 0.2) is 9.84 Å². The van der Waals surface area contributed by atoms with Crippen molar-refractivity contribution in [3.05, 3.63) is 24.3 Å². The van der Waals surface area contributed by atoms with Crippen molar-refractivity contribution in [2.24, 2.45) is 5.41 Å². The van der Waals surface area contributed by atoms with Gasteiger partial charge in [-0.05, 0) is 38.1 Å². The topological polar surface area (TPSA) is 61.2 Å². The number of anilines is 1. The molecule has 0 aromatic heterocycles. The van der Waals surface area contributed by atoms with Crippen LogP contribution in [0.5, 0.6) is 0 Å². The summed E-state index contributed by atoms with van der Waals surface area (Å²) < 4.78 is 22.7. The summed E-state index contributed by atoms with van der Waals surface area (Å²) in [4.78, 5) is 2.24. The fourth-order valence-corrected chi connectivity index (χ4v) is 2.30. The Kier molecular flexibility index (Phi) is 4.02. The van der Waals surface area contributed by atoms with Crippen LogP contribution in [0.2, 0.25) is 0 Å². The second-order valence-electron chi connectivity index (χ2n) is 5.12. The minimum Gasteiger partial charge on any atom is -0.373 e. The zero-order valence-electron chi connectivity index (χ0n) is 11.1. The van der Waals surface area contributed by atoms with Crippen molar-refractivity contribution < 1.29 is 8.42 Å². The maximum atomic E-state index is 11.3. The van der Waals surface area contributed by atoms with Gasteiger partial charge in [-0.3, -0.25) is 0 Å². The molecule has 0 N–H and O–H groups in total. The van der Waals surface area contributed by atoms with E-state index < -0.39 is 15.3 Å². The highest BCUT2D eigenvalue weighted by Crippen LogP contribution is 2.21. The number of sulfone groups is 1. The number of hydrogen-bond donors (Lipinski definition) is 0. The highest BCUT2D eigenvalue weighted by molar-refractivity contribution is 7.90. The monoisotopic (exact) mass is 266 g/mol. The minimum absolute atomic E-state index is 0.305. The van der Waals surface area contributed by atoms with E-state index in [1.54, 1.807) is 24.3 Å². The molecule has 0 saturated carbocycles. The summed E-state index contributed by atoms with van der Waals surface area (Å²) in [5.74, 6) is 0. The Labute approximate surface area is 109 Å². The average Bonchev–Trinajstić information content (AvgIpc) is 2.27. The molecule has 0 aliphatic rings. The first-order valence-electron chi connectivity index (χ1n) is 5.58. The lowest BCUT2D eigenvalue weighted by Crippen LogP contribution is -2.30. The average molecular weight is 266 g/mol. The number of benzene rings is 1. The quantitative estimate of drug-likeness (QED) is 0.837. The Morgan fingerprint density at radius 2 is 1.78 bits per heavy atom. The molecule has 1 aromatic rings. The standard InChI is InChI=1S/C13H18N2O2S/c1-13(2,9-14)10-15(3)11-5-7-12(8-6-11)18(4,16)17/h5-8H,10H2,1-4H3. The molecule has 0 radical (unpaired) electrons. The maximum Gasteiger partial charge on any atom is 0.175 e. The first-order valence-corrected chi connectivity index (χ1v) is 7.47. The second kappa shape index (κ2) is 4.99. The summed E-state index contributed by atoms with van der Waals surface area (Å²) in [7, 11) is -1.27. The first kappa shape index (κ1) is 14.5. The van der Waals surface area contributed by atoms with Gasteiger partial charge < -0.3 is 4.90 Å². The molecule has 0 atom stereocenters. The summed E-state index contributed by atoms with van der Waals surface area (Å²) in [6, 6.07) is 8.92. The van der Waals surface area contributed by atoms with Crippen LogP contribution in [-0.4, -0.2) is 28.3 Å². The normalized spacial score (nSPS) is 11.9. The van der Waals surface area contributed by atoms with Gasteiger partial charge >= 0.3 is 0 Å². The van der Waals surface area contributed by atoms with Gasteiger partial charge in [-0.1, -0.05) is 0 Å². The van der Waals surface area contributed by atoms with Crippen LogP contribution < -0.4 is 4.90 Å². The molecule has 1 aromatic carbocycles. The van der Waals surface area contributed by atoms with Crippen molar-refractivity contribution in [2.75, 3.05) is 24.7 Å². The van der Waals surface area contributed by atoms with Gasteiger partial charge in [0.1, 0.15) is 0 Å². The highest BCUT2D eigenvalue weighted by Gasteiger charge is 2.19. The predicted octanol–water partition coefficient (Wildman–Crippen LogP) is 2.08. The van der Waals surface area contributed by atoms with E-state index in [1.807, 2.05) is 25.8 Å². The second-order valence-corrected chi connectivity index (χ2v) is 7.13. The molecular weight excluding hydrogens is 248 g/mol. The van der Waals surface area contributed by atoms with E-state index in [0.717, 1.165) is 5.69 Å². The number of nitrogens with zero attached hydrogens (tertiary/aromatic N) is 2. The Balaban J connectivity index is 2.90. The summed E-state index contributed by atoms with van der Waals surface area (Å²) in [5.41, 5.74) is 0.454. The van der Waals surface area contributed by atoms with Crippen molar-refractivity contribution in [3.63, 3.8) is 0 Å². The minimum atomic E-state index is -3.16. The maximum absolute atomic E-state index is 11.3. The fraction of sp³-hybridized carbons (Fsp3) is 0.462. The highest BCUT2D eigenvalue weighted by atomic mass is 32.2. The van der Waals surface area contributed by atoms with Gasteiger partial charge in [0, 0.05) is 25.5 Å². The molecule has 18 heavy (non-hydrogen) atoms. The van der Waals surface area contributed by atoms with E-state index in [4.69, 9.17) is 5.26 Å². The molecule has 0 spiro atoms. The molecule has 0 saturated heterocycles.